The van der Waals surface area contributed by atoms with E-state index in [-0.39, 0.29) is 0 Å². The molecule has 138 valence electrons. The van der Waals surface area contributed by atoms with Gasteiger partial charge < -0.3 is 9.31 Å². The molecule has 0 N–H and O–H groups in total. The fraction of sp³-hybridized carbons (Fsp3) is 0.500. The zero-order valence-corrected chi connectivity index (χ0v) is 15.9. The minimum Gasteiger partial charge on any atom is -0.398 e. The Kier molecular flexibility index (Phi) is 4.99. The summed E-state index contributed by atoms with van der Waals surface area (Å²) >= 11 is 0. The first-order chi connectivity index (χ1) is 12.2. The monoisotopic (exact) mass is 358 g/mol. The summed E-state index contributed by atoms with van der Waals surface area (Å²) in [6.07, 6.45) is 7.13. The summed E-state index contributed by atoms with van der Waals surface area (Å²) in [4.78, 5) is 8.32. The lowest BCUT2D eigenvalue weighted by atomic mass is 9.88. The molecule has 8 heteroatoms. The van der Waals surface area contributed by atoms with E-state index < -0.39 is 24.0 Å². The van der Waals surface area contributed by atoms with Crippen LogP contribution in [-0.2, 0) is 22.3 Å². The van der Waals surface area contributed by atoms with Gasteiger partial charge in [0.05, 0.1) is 23.9 Å². The molecule has 1 aliphatic rings. The molecule has 0 radical (unpaired) electrons. The second-order valence-electron chi connectivity index (χ2n) is 7.32. The summed E-state index contributed by atoms with van der Waals surface area (Å²) in [5.74, 6) is 0. The number of aryl methyl sites for hydroxylation is 1. The van der Waals surface area contributed by atoms with Crippen molar-refractivity contribution in [3.05, 3.63) is 42.2 Å². The number of allylic oxidation sites excluding steroid dienone is 1. The van der Waals surface area contributed by atoms with Gasteiger partial charge in [0.2, 0.25) is 0 Å². The molecule has 2 aromatic heterocycles. The molecule has 1 fully saturated rings. The Balaban J connectivity index is 1.77. The lowest BCUT2D eigenvalue weighted by Gasteiger charge is -2.32. The Hall–Kier alpha value is -2.06. The van der Waals surface area contributed by atoms with Crippen LogP contribution in [0.25, 0.3) is 11.4 Å². The smallest absolute Gasteiger partial charge is 0.398 e. The highest BCUT2D eigenvalue weighted by Gasteiger charge is 2.52. The predicted octanol–water partition coefficient (Wildman–Crippen LogP) is 3.39. The van der Waals surface area contributed by atoms with Gasteiger partial charge in [-0.25, -0.2) is 4.39 Å². The van der Waals surface area contributed by atoms with E-state index in [0.717, 1.165) is 17.8 Å². The van der Waals surface area contributed by atoms with Gasteiger partial charge in [-0.05, 0) is 46.3 Å². The van der Waals surface area contributed by atoms with Gasteiger partial charge in [0.1, 0.15) is 17.1 Å². The van der Waals surface area contributed by atoms with Gasteiger partial charge in [-0.1, -0.05) is 6.92 Å². The molecular formula is C18H24BFN4O2. The van der Waals surface area contributed by atoms with Crippen molar-refractivity contribution >= 4 is 7.12 Å². The van der Waals surface area contributed by atoms with E-state index in [1.807, 2.05) is 40.7 Å². The van der Waals surface area contributed by atoms with Crippen LogP contribution in [0.15, 0.2) is 36.5 Å². The van der Waals surface area contributed by atoms with E-state index in [2.05, 4.69) is 15.1 Å². The van der Waals surface area contributed by atoms with Crippen molar-refractivity contribution in [2.45, 2.75) is 58.8 Å². The maximum Gasteiger partial charge on any atom is 0.524 e. The molecule has 6 nitrogen and oxygen atoms in total. The lowest BCUT2D eigenvalue weighted by Crippen LogP contribution is -2.41. The molecule has 1 aliphatic heterocycles. The highest BCUT2D eigenvalue weighted by Crippen LogP contribution is 2.38. The quantitative estimate of drug-likeness (QED) is 0.767. The first-order valence-electron chi connectivity index (χ1n) is 8.78. The molecule has 0 atom stereocenters. The average molecular weight is 358 g/mol. The van der Waals surface area contributed by atoms with E-state index in [1.54, 1.807) is 23.3 Å². The van der Waals surface area contributed by atoms with Crippen molar-refractivity contribution in [2.24, 2.45) is 0 Å². The average Bonchev–Trinajstić information content (AvgIpc) is 3.11. The van der Waals surface area contributed by atoms with Crippen LogP contribution in [-0.4, -0.2) is 38.1 Å². The summed E-state index contributed by atoms with van der Waals surface area (Å²) in [6.45, 7) is 9.92. The van der Waals surface area contributed by atoms with Crippen LogP contribution in [0.1, 0.15) is 40.3 Å². The van der Waals surface area contributed by atoms with Crippen LogP contribution in [0.2, 0.25) is 0 Å². The first kappa shape index (κ1) is 18.7. The molecule has 3 heterocycles. The van der Waals surface area contributed by atoms with Crippen LogP contribution in [0.4, 0.5) is 4.39 Å². The zero-order valence-electron chi connectivity index (χ0n) is 15.9. The van der Waals surface area contributed by atoms with Crippen molar-refractivity contribution in [1.29, 1.82) is 0 Å². The summed E-state index contributed by atoms with van der Waals surface area (Å²) < 4.78 is 27.8. The molecule has 3 rings (SSSR count). The van der Waals surface area contributed by atoms with E-state index in [1.165, 1.54) is 6.08 Å². The topological polar surface area (TPSA) is 62.1 Å². The maximum absolute atomic E-state index is 14.6. The standard InChI is InChI=1S/C18H24BFN4O2/c1-6-13-11-14(15-12-21-8-9-22-15)23-24(13)10-7-16(20)19-25-17(2,3)18(4,5)26-19/h7-9,11-12H,6,10H2,1-5H3. The number of hydrogen-bond donors (Lipinski definition) is 0. The Morgan fingerprint density at radius 2 is 1.88 bits per heavy atom. The van der Waals surface area contributed by atoms with E-state index in [9.17, 15) is 4.39 Å². The lowest BCUT2D eigenvalue weighted by molar-refractivity contribution is 0.00578. The highest BCUT2D eigenvalue weighted by atomic mass is 19.1. The largest absolute Gasteiger partial charge is 0.524 e. The van der Waals surface area contributed by atoms with Crippen LogP contribution >= 0.6 is 0 Å². The summed E-state index contributed by atoms with van der Waals surface area (Å²) in [7, 11) is -0.986. The molecule has 0 amide bonds. The van der Waals surface area contributed by atoms with Crippen LogP contribution in [0.3, 0.4) is 0 Å². The number of nitrogens with zero attached hydrogens (tertiary/aromatic N) is 4. The third-order valence-electron chi connectivity index (χ3n) is 4.99. The van der Waals surface area contributed by atoms with Gasteiger partial charge in [0, 0.05) is 18.1 Å². The molecule has 0 aliphatic carbocycles. The minimum atomic E-state index is -0.986. The number of halogens is 1. The Bertz CT molecular complexity index is 789. The Morgan fingerprint density at radius 3 is 2.46 bits per heavy atom. The molecule has 0 spiro atoms. The molecule has 0 unspecified atom stereocenters. The normalized spacial score (nSPS) is 19.2. The zero-order chi connectivity index (χ0) is 18.9. The van der Waals surface area contributed by atoms with E-state index in [0.29, 0.717) is 12.2 Å². The maximum atomic E-state index is 14.6. The second-order valence-corrected chi connectivity index (χ2v) is 7.32. The number of aromatic nitrogens is 4. The van der Waals surface area contributed by atoms with Gasteiger partial charge in [0.25, 0.3) is 0 Å². The third kappa shape index (κ3) is 3.57. The van der Waals surface area contributed by atoms with Crippen molar-refractivity contribution in [3.63, 3.8) is 0 Å². The molecule has 26 heavy (non-hydrogen) atoms. The number of hydrogen-bond acceptors (Lipinski definition) is 5. The molecular weight excluding hydrogens is 334 g/mol. The van der Waals surface area contributed by atoms with Gasteiger partial charge in [-0.3, -0.25) is 14.6 Å². The summed E-state index contributed by atoms with van der Waals surface area (Å²) in [6, 6.07) is 1.95. The molecule has 0 saturated carbocycles. The predicted molar refractivity (Wildman–Crippen MR) is 97.9 cm³/mol. The molecule has 0 aromatic carbocycles. The highest BCUT2D eigenvalue weighted by molar-refractivity contribution is 6.53. The SMILES string of the molecule is CCc1cc(-c2cnccn2)nn1CC=C(F)B1OC(C)(C)C(C)(C)O1. The van der Waals surface area contributed by atoms with E-state index in [4.69, 9.17) is 9.31 Å². The first-order valence-corrected chi connectivity index (χ1v) is 8.78. The second kappa shape index (κ2) is 6.93. The van der Waals surface area contributed by atoms with Crippen molar-refractivity contribution < 1.29 is 13.7 Å². The fourth-order valence-electron chi connectivity index (χ4n) is 2.68. The van der Waals surface area contributed by atoms with Crippen molar-refractivity contribution in [1.82, 2.24) is 19.7 Å². The fourth-order valence-corrected chi connectivity index (χ4v) is 2.68. The van der Waals surface area contributed by atoms with Crippen LogP contribution in [0, 0.1) is 0 Å². The minimum absolute atomic E-state index is 0.291. The number of rotatable bonds is 5. The van der Waals surface area contributed by atoms with Gasteiger partial charge in [-0.15, -0.1) is 0 Å². The molecule has 1 saturated heterocycles. The molecule has 2 aromatic rings. The summed E-state index contributed by atoms with van der Waals surface area (Å²) in [5.41, 5.74) is 0.825. The van der Waals surface area contributed by atoms with Crippen LogP contribution < -0.4 is 0 Å². The summed E-state index contributed by atoms with van der Waals surface area (Å²) in [5, 5.41) is 4.53. The Morgan fingerprint density at radius 1 is 1.19 bits per heavy atom. The van der Waals surface area contributed by atoms with Gasteiger partial charge in [0.15, 0.2) is 0 Å². The molecule has 0 bridgehead atoms. The van der Waals surface area contributed by atoms with Gasteiger partial charge >= 0.3 is 7.12 Å². The van der Waals surface area contributed by atoms with Crippen molar-refractivity contribution in [2.75, 3.05) is 0 Å². The van der Waals surface area contributed by atoms with Crippen LogP contribution in [0.5, 0.6) is 0 Å². The van der Waals surface area contributed by atoms with Crippen molar-refractivity contribution in [3.8, 4) is 11.4 Å². The third-order valence-corrected chi connectivity index (χ3v) is 4.99. The van der Waals surface area contributed by atoms with Gasteiger partial charge in [-0.2, -0.15) is 5.10 Å². The van der Waals surface area contributed by atoms with E-state index >= 15 is 0 Å². The Labute approximate surface area is 153 Å².